The molecule has 0 aromatic heterocycles. The molecular formula is C19H28N2. The zero-order valence-corrected chi connectivity index (χ0v) is 12.9. The zero-order valence-electron chi connectivity index (χ0n) is 12.9. The smallest absolute Gasteiger partial charge is 0.0247 e. The number of benzene rings is 1. The predicted molar refractivity (Wildman–Crippen MR) is 88.9 cm³/mol. The van der Waals surface area contributed by atoms with Crippen LogP contribution < -0.4 is 11.3 Å². The van der Waals surface area contributed by atoms with Crippen LogP contribution in [0.4, 0.5) is 0 Å². The van der Waals surface area contributed by atoms with Gasteiger partial charge in [-0.05, 0) is 61.0 Å². The zero-order chi connectivity index (χ0) is 14.7. The number of nitrogens with one attached hydrogen (secondary N) is 1. The van der Waals surface area contributed by atoms with E-state index in [2.05, 4.69) is 36.3 Å². The van der Waals surface area contributed by atoms with Gasteiger partial charge in [0.2, 0.25) is 0 Å². The number of aryl methyl sites for hydroxylation is 1. The van der Waals surface area contributed by atoms with Gasteiger partial charge in [0.25, 0.3) is 0 Å². The second-order valence-corrected chi connectivity index (χ2v) is 6.70. The highest BCUT2D eigenvalue weighted by atomic mass is 15.2. The van der Waals surface area contributed by atoms with Crippen LogP contribution in [-0.4, -0.2) is 6.04 Å². The van der Waals surface area contributed by atoms with E-state index in [0.717, 1.165) is 24.2 Å². The molecule has 114 valence electrons. The summed E-state index contributed by atoms with van der Waals surface area (Å²) < 4.78 is 0. The van der Waals surface area contributed by atoms with Gasteiger partial charge >= 0.3 is 0 Å². The summed E-state index contributed by atoms with van der Waals surface area (Å²) in [6.07, 6.45) is 10.8. The molecule has 3 rings (SSSR count). The minimum absolute atomic E-state index is 0.495. The Kier molecular flexibility index (Phi) is 4.77. The molecule has 4 atom stereocenters. The van der Waals surface area contributed by atoms with Gasteiger partial charge in [0, 0.05) is 6.04 Å². The van der Waals surface area contributed by atoms with Crippen molar-refractivity contribution in [1.82, 2.24) is 5.43 Å². The molecule has 1 aromatic carbocycles. The highest BCUT2D eigenvalue weighted by Gasteiger charge is 2.55. The fourth-order valence-electron chi connectivity index (χ4n) is 4.38. The summed E-state index contributed by atoms with van der Waals surface area (Å²) in [5, 5.41) is 0. The van der Waals surface area contributed by atoms with Crippen molar-refractivity contribution in [2.45, 2.75) is 56.9 Å². The molecule has 1 fully saturated rings. The lowest BCUT2D eigenvalue weighted by Crippen LogP contribution is -2.37. The summed E-state index contributed by atoms with van der Waals surface area (Å²) in [4.78, 5) is 0. The van der Waals surface area contributed by atoms with Crippen molar-refractivity contribution in [2.24, 2.45) is 17.7 Å². The number of hydrazine groups is 1. The van der Waals surface area contributed by atoms with Gasteiger partial charge in [-0.2, -0.15) is 0 Å². The second-order valence-electron chi connectivity index (χ2n) is 6.70. The van der Waals surface area contributed by atoms with Crippen molar-refractivity contribution in [3.63, 3.8) is 0 Å². The van der Waals surface area contributed by atoms with Gasteiger partial charge in [-0.3, -0.25) is 11.3 Å². The SMILES string of the molecule is C=CCCCCCC(NN)C1C2CCc3ccccc3C21. The summed E-state index contributed by atoms with van der Waals surface area (Å²) in [7, 11) is 0. The molecule has 21 heavy (non-hydrogen) atoms. The highest BCUT2D eigenvalue weighted by molar-refractivity contribution is 5.40. The highest BCUT2D eigenvalue weighted by Crippen LogP contribution is 2.61. The van der Waals surface area contributed by atoms with Crippen LogP contribution in [0.2, 0.25) is 0 Å². The third kappa shape index (κ3) is 3.07. The molecule has 2 aliphatic carbocycles. The van der Waals surface area contributed by atoms with E-state index in [9.17, 15) is 0 Å². The quantitative estimate of drug-likeness (QED) is 0.328. The summed E-state index contributed by atoms with van der Waals surface area (Å²) >= 11 is 0. The average Bonchev–Trinajstić information content (AvgIpc) is 3.26. The van der Waals surface area contributed by atoms with Crippen LogP contribution >= 0.6 is 0 Å². The third-order valence-electron chi connectivity index (χ3n) is 5.49. The van der Waals surface area contributed by atoms with Gasteiger partial charge in [0.1, 0.15) is 0 Å². The Labute approximate surface area is 128 Å². The van der Waals surface area contributed by atoms with E-state index in [1.165, 1.54) is 38.5 Å². The van der Waals surface area contributed by atoms with Gasteiger partial charge < -0.3 is 0 Å². The maximum Gasteiger partial charge on any atom is 0.0247 e. The summed E-state index contributed by atoms with van der Waals surface area (Å²) in [6.45, 7) is 3.79. The maximum absolute atomic E-state index is 5.86. The first-order chi connectivity index (χ1) is 10.4. The monoisotopic (exact) mass is 284 g/mol. The molecule has 0 spiro atoms. The number of nitrogens with two attached hydrogens (primary N) is 1. The topological polar surface area (TPSA) is 38.0 Å². The number of hydrogen-bond acceptors (Lipinski definition) is 2. The lowest BCUT2D eigenvalue weighted by Gasteiger charge is -2.16. The van der Waals surface area contributed by atoms with Crippen LogP contribution in [0.15, 0.2) is 36.9 Å². The molecule has 3 N–H and O–H groups in total. The molecule has 0 saturated heterocycles. The number of hydrogen-bond donors (Lipinski definition) is 2. The van der Waals surface area contributed by atoms with Crippen LogP contribution in [0.3, 0.4) is 0 Å². The van der Waals surface area contributed by atoms with Gasteiger partial charge in [0.15, 0.2) is 0 Å². The standard InChI is InChI=1S/C19H28N2/c1-2-3-4-5-6-11-17(21-20)19-16-13-12-14-9-7-8-10-15(14)18(16)19/h2,7-10,16-19,21H,1,3-6,11-13,20H2. The molecule has 0 heterocycles. The average molecular weight is 284 g/mol. The minimum Gasteiger partial charge on any atom is -0.271 e. The van der Waals surface area contributed by atoms with Crippen LogP contribution in [0.1, 0.15) is 55.6 Å². The first-order valence-corrected chi connectivity index (χ1v) is 8.51. The van der Waals surface area contributed by atoms with Crippen molar-refractivity contribution in [1.29, 1.82) is 0 Å². The van der Waals surface area contributed by atoms with E-state index < -0.39 is 0 Å². The minimum atomic E-state index is 0.495. The van der Waals surface area contributed by atoms with Gasteiger partial charge in [-0.25, -0.2) is 0 Å². The molecule has 4 unspecified atom stereocenters. The molecule has 2 nitrogen and oxygen atoms in total. The van der Waals surface area contributed by atoms with Crippen molar-refractivity contribution >= 4 is 0 Å². The summed E-state index contributed by atoms with van der Waals surface area (Å²) in [6, 6.07) is 9.51. The van der Waals surface area contributed by atoms with Gasteiger partial charge in [-0.1, -0.05) is 43.2 Å². The molecule has 0 radical (unpaired) electrons. The number of rotatable bonds is 8. The summed E-state index contributed by atoms with van der Waals surface area (Å²) in [5.41, 5.74) is 6.30. The number of fused-ring (bicyclic) bond motifs is 3. The van der Waals surface area contributed by atoms with E-state index in [1.54, 1.807) is 11.1 Å². The predicted octanol–water partition coefficient (Wildman–Crippen LogP) is 3.93. The Morgan fingerprint density at radius 3 is 2.95 bits per heavy atom. The van der Waals surface area contributed by atoms with Crippen LogP contribution in [0.25, 0.3) is 0 Å². The lowest BCUT2D eigenvalue weighted by atomic mass is 9.92. The van der Waals surface area contributed by atoms with Crippen molar-refractivity contribution in [3.05, 3.63) is 48.0 Å². The number of allylic oxidation sites excluding steroid dienone is 1. The molecule has 0 bridgehead atoms. The third-order valence-corrected chi connectivity index (χ3v) is 5.49. The van der Waals surface area contributed by atoms with E-state index >= 15 is 0 Å². The maximum atomic E-state index is 5.86. The first kappa shape index (κ1) is 14.8. The Morgan fingerprint density at radius 2 is 2.14 bits per heavy atom. The Bertz CT molecular complexity index is 482. The molecule has 1 saturated carbocycles. The molecule has 1 aromatic rings. The molecule has 0 aliphatic heterocycles. The Hall–Kier alpha value is -1.12. The van der Waals surface area contributed by atoms with Gasteiger partial charge in [-0.15, -0.1) is 6.58 Å². The molecule has 0 amide bonds. The normalized spacial score (nSPS) is 27.6. The van der Waals surface area contributed by atoms with E-state index in [0.29, 0.717) is 6.04 Å². The van der Waals surface area contributed by atoms with E-state index in [4.69, 9.17) is 5.84 Å². The van der Waals surface area contributed by atoms with Crippen LogP contribution in [0, 0.1) is 11.8 Å². The lowest BCUT2D eigenvalue weighted by molar-refractivity contribution is 0.402. The van der Waals surface area contributed by atoms with Crippen molar-refractivity contribution < 1.29 is 0 Å². The van der Waals surface area contributed by atoms with Crippen molar-refractivity contribution in [2.75, 3.05) is 0 Å². The summed E-state index contributed by atoms with van der Waals surface area (Å²) in [5.74, 6) is 8.26. The second kappa shape index (κ2) is 6.76. The fourth-order valence-corrected chi connectivity index (χ4v) is 4.38. The van der Waals surface area contributed by atoms with Crippen molar-refractivity contribution in [3.8, 4) is 0 Å². The largest absolute Gasteiger partial charge is 0.271 e. The van der Waals surface area contributed by atoms with Crippen LogP contribution in [-0.2, 0) is 6.42 Å². The Morgan fingerprint density at radius 1 is 1.29 bits per heavy atom. The van der Waals surface area contributed by atoms with E-state index in [1.807, 2.05) is 6.08 Å². The molecule has 2 heteroatoms. The van der Waals surface area contributed by atoms with Crippen LogP contribution in [0.5, 0.6) is 0 Å². The molecular weight excluding hydrogens is 256 g/mol. The first-order valence-electron chi connectivity index (χ1n) is 8.51. The van der Waals surface area contributed by atoms with Gasteiger partial charge in [0.05, 0.1) is 0 Å². The Balaban J connectivity index is 1.56. The molecule has 2 aliphatic rings. The number of unbranched alkanes of at least 4 members (excludes halogenated alkanes) is 3. The fraction of sp³-hybridized carbons (Fsp3) is 0.579. The van der Waals surface area contributed by atoms with E-state index in [-0.39, 0.29) is 0 Å².